The Labute approximate surface area is 104 Å². The number of hydrogen-bond acceptors (Lipinski definition) is 5. The second kappa shape index (κ2) is 5.45. The van der Waals surface area contributed by atoms with Crippen molar-refractivity contribution in [2.24, 2.45) is 0 Å². The fraction of sp³-hybridized carbons (Fsp3) is 0.167. The van der Waals surface area contributed by atoms with Crippen LogP contribution in [0.25, 0.3) is 10.6 Å². The van der Waals surface area contributed by atoms with Gasteiger partial charge in [0.05, 0.1) is 6.61 Å². The second-order valence-corrected chi connectivity index (χ2v) is 4.40. The normalized spacial score (nSPS) is 10.1. The molecule has 2 N–H and O–H groups in total. The average molecular weight is 247 g/mol. The van der Waals surface area contributed by atoms with Crippen LogP contribution in [-0.2, 0) is 0 Å². The molecule has 0 bridgehead atoms. The molecule has 0 aliphatic rings. The van der Waals surface area contributed by atoms with E-state index in [1.807, 2.05) is 30.3 Å². The number of nitrogen functional groups attached to an aromatic ring is 1. The molecule has 0 aliphatic carbocycles. The minimum Gasteiger partial charge on any atom is -0.493 e. The van der Waals surface area contributed by atoms with Crippen molar-refractivity contribution in [3.05, 3.63) is 36.9 Å². The number of hydrogen-bond donors (Lipinski definition) is 1. The van der Waals surface area contributed by atoms with E-state index in [0.29, 0.717) is 11.7 Å². The lowest BCUT2D eigenvalue weighted by Crippen LogP contribution is -1.94. The van der Waals surface area contributed by atoms with Gasteiger partial charge in [0.2, 0.25) is 5.13 Å². The van der Waals surface area contributed by atoms with Crippen molar-refractivity contribution in [3.63, 3.8) is 0 Å². The summed E-state index contributed by atoms with van der Waals surface area (Å²) in [6, 6.07) is 7.72. The summed E-state index contributed by atoms with van der Waals surface area (Å²) >= 11 is 1.37. The summed E-state index contributed by atoms with van der Waals surface area (Å²) in [6.45, 7) is 4.29. The maximum absolute atomic E-state index is 5.54. The molecule has 0 unspecified atom stereocenters. The van der Waals surface area contributed by atoms with Crippen LogP contribution in [0.1, 0.15) is 6.42 Å². The van der Waals surface area contributed by atoms with E-state index in [9.17, 15) is 0 Å². The van der Waals surface area contributed by atoms with Gasteiger partial charge in [-0.1, -0.05) is 17.4 Å². The summed E-state index contributed by atoms with van der Waals surface area (Å²) in [5.41, 5.74) is 6.53. The van der Waals surface area contributed by atoms with Crippen LogP contribution < -0.4 is 10.5 Å². The van der Waals surface area contributed by atoms with E-state index in [1.54, 1.807) is 0 Å². The van der Waals surface area contributed by atoms with Crippen molar-refractivity contribution in [1.82, 2.24) is 10.2 Å². The van der Waals surface area contributed by atoms with Crippen molar-refractivity contribution in [2.45, 2.75) is 6.42 Å². The fourth-order valence-corrected chi connectivity index (χ4v) is 1.92. The zero-order valence-corrected chi connectivity index (χ0v) is 10.1. The van der Waals surface area contributed by atoms with Crippen molar-refractivity contribution >= 4 is 16.5 Å². The second-order valence-electron chi connectivity index (χ2n) is 3.40. The summed E-state index contributed by atoms with van der Waals surface area (Å²) < 4.78 is 5.51. The van der Waals surface area contributed by atoms with E-state index in [-0.39, 0.29) is 0 Å². The number of ether oxygens (including phenoxy) is 1. The van der Waals surface area contributed by atoms with Gasteiger partial charge in [-0.2, -0.15) is 0 Å². The zero-order valence-electron chi connectivity index (χ0n) is 9.30. The molecule has 0 atom stereocenters. The number of rotatable bonds is 5. The molecular formula is C12H13N3OS. The highest BCUT2D eigenvalue weighted by Gasteiger charge is 2.04. The summed E-state index contributed by atoms with van der Waals surface area (Å²) in [7, 11) is 0. The summed E-state index contributed by atoms with van der Waals surface area (Å²) in [4.78, 5) is 0. The van der Waals surface area contributed by atoms with E-state index < -0.39 is 0 Å². The fourth-order valence-electron chi connectivity index (χ4n) is 1.31. The molecule has 0 spiro atoms. The lowest BCUT2D eigenvalue weighted by molar-refractivity contribution is 0.325. The van der Waals surface area contributed by atoms with Gasteiger partial charge in [0.1, 0.15) is 10.8 Å². The highest BCUT2D eigenvalue weighted by atomic mass is 32.1. The maximum atomic E-state index is 5.54. The van der Waals surface area contributed by atoms with Gasteiger partial charge in [-0.25, -0.2) is 0 Å². The summed E-state index contributed by atoms with van der Waals surface area (Å²) in [5, 5.41) is 9.06. The molecule has 0 amide bonds. The number of benzene rings is 1. The first-order valence-corrected chi connectivity index (χ1v) is 6.04. The molecule has 4 nitrogen and oxygen atoms in total. The molecule has 0 saturated carbocycles. The molecule has 2 aromatic rings. The van der Waals surface area contributed by atoms with Crippen LogP contribution in [-0.4, -0.2) is 16.8 Å². The minimum absolute atomic E-state index is 0.478. The Hall–Kier alpha value is -1.88. The average Bonchev–Trinajstić information content (AvgIpc) is 2.77. The Kier molecular flexibility index (Phi) is 3.72. The number of aromatic nitrogens is 2. The third-order valence-corrected chi connectivity index (χ3v) is 2.93. The van der Waals surface area contributed by atoms with Crippen molar-refractivity contribution in [1.29, 1.82) is 0 Å². The predicted octanol–water partition coefficient (Wildman–Crippen LogP) is 2.74. The maximum Gasteiger partial charge on any atom is 0.203 e. The molecular weight excluding hydrogens is 234 g/mol. The van der Waals surface area contributed by atoms with Crippen LogP contribution in [0.3, 0.4) is 0 Å². The molecule has 1 aromatic carbocycles. The lowest BCUT2D eigenvalue weighted by Gasteiger charge is -2.04. The quantitative estimate of drug-likeness (QED) is 0.652. The van der Waals surface area contributed by atoms with Gasteiger partial charge in [-0.15, -0.1) is 16.8 Å². The first-order valence-electron chi connectivity index (χ1n) is 5.22. The zero-order chi connectivity index (χ0) is 12.1. The van der Waals surface area contributed by atoms with E-state index in [4.69, 9.17) is 10.5 Å². The Morgan fingerprint density at radius 3 is 2.65 bits per heavy atom. The first-order chi connectivity index (χ1) is 8.29. The third-order valence-electron chi connectivity index (χ3n) is 2.13. The number of nitrogens with zero attached hydrogens (tertiary/aromatic N) is 2. The molecule has 17 heavy (non-hydrogen) atoms. The highest BCUT2D eigenvalue weighted by molar-refractivity contribution is 7.18. The van der Waals surface area contributed by atoms with Crippen molar-refractivity contribution in [2.75, 3.05) is 12.3 Å². The topological polar surface area (TPSA) is 61.0 Å². The van der Waals surface area contributed by atoms with Crippen LogP contribution in [0.4, 0.5) is 5.13 Å². The van der Waals surface area contributed by atoms with E-state index in [2.05, 4.69) is 16.8 Å². The van der Waals surface area contributed by atoms with Crippen LogP contribution in [0.15, 0.2) is 36.9 Å². The van der Waals surface area contributed by atoms with E-state index in [1.165, 1.54) is 11.3 Å². The van der Waals surface area contributed by atoms with Gasteiger partial charge in [0.15, 0.2) is 0 Å². The molecule has 88 valence electrons. The molecule has 0 fully saturated rings. The van der Waals surface area contributed by atoms with Crippen molar-refractivity contribution < 1.29 is 4.74 Å². The summed E-state index contributed by atoms with van der Waals surface area (Å²) in [6.07, 6.45) is 2.67. The molecule has 1 aromatic heterocycles. The molecule has 5 heteroatoms. The van der Waals surface area contributed by atoms with Gasteiger partial charge >= 0.3 is 0 Å². The number of nitrogens with two attached hydrogens (primary N) is 1. The Bertz CT molecular complexity index is 493. The predicted molar refractivity (Wildman–Crippen MR) is 70.1 cm³/mol. The summed E-state index contributed by atoms with van der Waals surface area (Å²) in [5.74, 6) is 0.841. The van der Waals surface area contributed by atoms with Gasteiger partial charge in [-0.3, -0.25) is 0 Å². The molecule has 2 rings (SSSR count). The minimum atomic E-state index is 0.478. The van der Waals surface area contributed by atoms with Crippen LogP contribution >= 0.6 is 11.3 Å². The van der Waals surface area contributed by atoms with Gasteiger partial charge in [-0.05, 0) is 30.7 Å². The number of anilines is 1. The van der Waals surface area contributed by atoms with Crippen LogP contribution in [0, 0.1) is 0 Å². The van der Waals surface area contributed by atoms with Crippen LogP contribution in [0.5, 0.6) is 5.75 Å². The lowest BCUT2D eigenvalue weighted by atomic mass is 10.2. The highest BCUT2D eigenvalue weighted by Crippen LogP contribution is 2.26. The van der Waals surface area contributed by atoms with Gasteiger partial charge < -0.3 is 10.5 Å². The molecule has 1 heterocycles. The third kappa shape index (κ3) is 3.04. The van der Waals surface area contributed by atoms with Gasteiger partial charge in [0.25, 0.3) is 0 Å². The Morgan fingerprint density at radius 2 is 2.06 bits per heavy atom. The molecule has 0 aliphatic heterocycles. The van der Waals surface area contributed by atoms with Crippen LogP contribution in [0.2, 0.25) is 0 Å². The standard InChI is InChI=1S/C12H13N3OS/c1-2-3-8-16-10-6-4-9(5-7-10)11-14-15-12(13)17-11/h2,4-7H,1,3,8H2,(H2,13,15). The monoisotopic (exact) mass is 247 g/mol. The van der Waals surface area contributed by atoms with Gasteiger partial charge in [0, 0.05) is 5.56 Å². The Morgan fingerprint density at radius 1 is 1.29 bits per heavy atom. The smallest absolute Gasteiger partial charge is 0.203 e. The molecule has 0 saturated heterocycles. The molecule has 0 radical (unpaired) electrons. The SMILES string of the molecule is C=CCCOc1ccc(-c2nnc(N)s2)cc1. The van der Waals surface area contributed by atoms with Crippen molar-refractivity contribution in [3.8, 4) is 16.3 Å². The first kappa shape index (κ1) is 11.6. The Balaban J connectivity index is 2.05. The van der Waals surface area contributed by atoms with E-state index in [0.717, 1.165) is 22.7 Å². The van der Waals surface area contributed by atoms with E-state index >= 15 is 0 Å². The largest absolute Gasteiger partial charge is 0.493 e.